The Morgan fingerprint density at radius 3 is 2.43 bits per heavy atom. The zero-order valence-electron chi connectivity index (χ0n) is 20.1. The summed E-state index contributed by atoms with van der Waals surface area (Å²) in [5.74, 6) is 1.02. The minimum absolute atomic E-state index is 0.0565. The number of aromatic nitrogens is 2. The van der Waals surface area contributed by atoms with E-state index in [9.17, 15) is 9.59 Å². The van der Waals surface area contributed by atoms with Gasteiger partial charge < -0.3 is 10.6 Å². The third kappa shape index (κ3) is 5.15. The molecule has 5 rings (SSSR count). The fourth-order valence-corrected chi connectivity index (χ4v) is 5.27. The average Bonchev–Trinajstić information content (AvgIpc) is 3.33. The van der Waals surface area contributed by atoms with Crippen LogP contribution in [0.25, 0.3) is 0 Å². The van der Waals surface area contributed by atoms with Crippen LogP contribution in [-0.2, 0) is 12.8 Å². The van der Waals surface area contributed by atoms with Gasteiger partial charge in [-0.1, -0.05) is 30.3 Å². The van der Waals surface area contributed by atoms with Crippen molar-refractivity contribution in [1.82, 2.24) is 15.1 Å². The van der Waals surface area contributed by atoms with E-state index in [0.717, 1.165) is 75.2 Å². The molecule has 35 heavy (non-hydrogen) atoms. The molecule has 1 fully saturated rings. The molecular formula is C28H33N5O2. The summed E-state index contributed by atoms with van der Waals surface area (Å²) in [6.07, 6.45) is 5.88. The fraction of sp³-hybridized carbons (Fsp3) is 0.393. The Morgan fingerprint density at radius 1 is 0.971 bits per heavy atom. The molecule has 1 aliphatic carbocycles. The lowest BCUT2D eigenvalue weighted by Gasteiger charge is -2.33. The first-order valence-electron chi connectivity index (χ1n) is 12.7. The van der Waals surface area contributed by atoms with Crippen molar-refractivity contribution in [2.24, 2.45) is 5.92 Å². The van der Waals surface area contributed by atoms with Gasteiger partial charge in [0.25, 0.3) is 5.91 Å². The molecule has 2 aliphatic rings. The predicted molar refractivity (Wildman–Crippen MR) is 138 cm³/mol. The summed E-state index contributed by atoms with van der Waals surface area (Å²) in [7, 11) is 0. The van der Waals surface area contributed by atoms with Crippen LogP contribution in [-0.4, -0.2) is 53.0 Å². The van der Waals surface area contributed by atoms with E-state index in [2.05, 4.69) is 15.1 Å². The van der Waals surface area contributed by atoms with Gasteiger partial charge in [-0.25, -0.2) is 0 Å². The molecule has 1 amide bonds. The van der Waals surface area contributed by atoms with Crippen LogP contribution < -0.4 is 10.6 Å². The zero-order chi connectivity index (χ0) is 24.2. The van der Waals surface area contributed by atoms with Crippen molar-refractivity contribution in [2.75, 3.05) is 36.8 Å². The van der Waals surface area contributed by atoms with Crippen LogP contribution in [0.1, 0.15) is 57.7 Å². The number of aryl methyl sites for hydroxylation is 1. The van der Waals surface area contributed by atoms with Crippen molar-refractivity contribution in [3.63, 3.8) is 0 Å². The zero-order valence-corrected chi connectivity index (χ0v) is 20.1. The van der Waals surface area contributed by atoms with E-state index in [-0.39, 0.29) is 17.6 Å². The number of ketones is 1. The van der Waals surface area contributed by atoms with E-state index in [1.54, 1.807) is 24.3 Å². The Hall–Kier alpha value is -3.45. The number of nitrogens with zero attached hydrogens (tertiary/aromatic N) is 3. The van der Waals surface area contributed by atoms with Gasteiger partial charge in [0.2, 0.25) is 0 Å². The summed E-state index contributed by atoms with van der Waals surface area (Å²) in [5.41, 5.74) is 10.2. The van der Waals surface area contributed by atoms with Crippen molar-refractivity contribution in [3.8, 4) is 0 Å². The first-order valence-corrected chi connectivity index (χ1v) is 12.7. The van der Waals surface area contributed by atoms with Gasteiger partial charge in [0.15, 0.2) is 11.6 Å². The largest absolute Gasteiger partial charge is 0.399 e. The van der Waals surface area contributed by atoms with E-state index < -0.39 is 0 Å². The molecule has 3 aromatic rings. The predicted octanol–water partition coefficient (Wildman–Crippen LogP) is 4.11. The molecular weight excluding hydrogens is 438 g/mol. The molecule has 0 bridgehead atoms. The lowest BCUT2D eigenvalue weighted by molar-refractivity contribution is 0.0841. The maximum Gasteiger partial charge on any atom is 0.259 e. The number of Topliss-reactive ketones (excluding diaryl/α,β-unsaturated/α-hetero) is 1. The number of piperidine rings is 1. The highest BCUT2D eigenvalue weighted by molar-refractivity contribution is 6.06. The van der Waals surface area contributed by atoms with E-state index >= 15 is 0 Å². The topological polar surface area (TPSA) is 95.3 Å². The van der Waals surface area contributed by atoms with Crippen LogP contribution in [0.2, 0.25) is 0 Å². The molecule has 0 spiro atoms. The number of aromatic amines is 1. The number of rotatable bonds is 7. The van der Waals surface area contributed by atoms with E-state index in [0.29, 0.717) is 17.8 Å². The number of nitrogen functional groups attached to an aromatic ring is 1. The second-order valence-corrected chi connectivity index (χ2v) is 9.64. The number of amides is 1. The molecule has 2 heterocycles. The molecule has 1 aliphatic heterocycles. The Labute approximate surface area is 206 Å². The van der Waals surface area contributed by atoms with E-state index in [1.807, 2.05) is 35.2 Å². The molecule has 3 N–H and O–H groups in total. The number of nitrogens with one attached hydrogen (secondary N) is 1. The number of carbonyl (C=O) groups excluding carboxylic acids is 2. The quantitative estimate of drug-likeness (QED) is 0.399. The van der Waals surface area contributed by atoms with Gasteiger partial charge in [0.1, 0.15) is 0 Å². The third-order valence-corrected chi connectivity index (χ3v) is 7.35. The molecule has 1 saturated heterocycles. The Bertz CT molecular complexity index is 1160. The Morgan fingerprint density at radius 2 is 1.69 bits per heavy atom. The Balaban J connectivity index is 1.27. The lowest BCUT2D eigenvalue weighted by Crippen LogP contribution is -2.43. The van der Waals surface area contributed by atoms with Crippen LogP contribution in [0.15, 0.2) is 54.6 Å². The molecule has 182 valence electrons. The molecule has 0 atom stereocenters. The Kier molecular flexibility index (Phi) is 6.95. The third-order valence-electron chi connectivity index (χ3n) is 7.35. The summed E-state index contributed by atoms with van der Waals surface area (Å²) in [6.45, 7) is 3.00. The van der Waals surface area contributed by atoms with Crippen molar-refractivity contribution in [2.45, 2.75) is 38.5 Å². The second-order valence-electron chi connectivity index (χ2n) is 9.64. The maximum atomic E-state index is 13.6. The van der Waals surface area contributed by atoms with Crippen LogP contribution in [0.4, 0.5) is 11.5 Å². The summed E-state index contributed by atoms with van der Waals surface area (Å²) in [4.78, 5) is 30.6. The van der Waals surface area contributed by atoms with Crippen LogP contribution in [0.3, 0.4) is 0 Å². The van der Waals surface area contributed by atoms with Gasteiger partial charge in [-0.3, -0.25) is 19.6 Å². The van der Waals surface area contributed by atoms with Crippen molar-refractivity contribution in [1.29, 1.82) is 0 Å². The van der Waals surface area contributed by atoms with Crippen molar-refractivity contribution < 1.29 is 9.59 Å². The van der Waals surface area contributed by atoms with Gasteiger partial charge in [-0.05, 0) is 75.9 Å². The minimum atomic E-state index is -0.0565. The molecule has 2 aromatic carbocycles. The number of fused-ring (bicyclic) bond motifs is 1. The number of likely N-dealkylation sites (tertiary alicyclic amines) is 1. The smallest absolute Gasteiger partial charge is 0.259 e. The van der Waals surface area contributed by atoms with Crippen LogP contribution in [0.5, 0.6) is 0 Å². The SMILES string of the molecule is Nc1ccc(C(=O)N(CCN2CCC(C(=O)c3ccccc3)CC2)c2n[nH]c3c2CCCC3)cc1. The molecule has 1 aromatic heterocycles. The number of nitrogens with two attached hydrogens (primary N) is 1. The fourth-order valence-electron chi connectivity index (χ4n) is 5.27. The van der Waals surface area contributed by atoms with Gasteiger partial charge in [-0.2, -0.15) is 5.10 Å². The first-order chi connectivity index (χ1) is 17.1. The van der Waals surface area contributed by atoms with Gasteiger partial charge >= 0.3 is 0 Å². The first kappa shape index (κ1) is 23.3. The highest BCUT2D eigenvalue weighted by Crippen LogP contribution is 2.29. The number of carbonyl (C=O) groups is 2. The standard InChI is InChI=1S/C28H33N5O2/c29-23-12-10-22(11-13-23)28(35)33(27-24-8-4-5-9-25(24)30-31-27)19-18-32-16-14-21(15-17-32)26(34)20-6-2-1-3-7-20/h1-3,6-7,10-13,21H,4-5,8-9,14-19,29H2,(H,30,31). The minimum Gasteiger partial charge on any atom is -0.399 e. The summed E-state index contributed by atoms with van der Waals surface area (Å²) >= 11 is 0. The number of anilines is 2. The number of H-pyrrole nitrogens is 1. The number of hydrogen-bond acceptors (Lipinski definition) is 5. The molecule has 0 radical (unpaired) electrons. The molecule has 0 saturated carbocycles. The summed E-state index contributed by atoms with van der Waals surface area (Å²) in [6, 6.07) is 16.7. The average molecular weight is 472 g/mol. The van der Waals surface area contributed by atoms with Gasteiger partial charge in [0.05, 0.1) is 0 Å². The van der Waals surface area contributed by atoms with E-state index in [1.165, 1.54) is 5.56 Å². The van der Waals surface area contributed by atoms with Gasteiger partial charge in [0, 0.05) is 47.1 Å². The number of hydrogen-bond donors (Lipinski definition) is 2. The van der Waals surface area contributed by atoms with Gasteiger partial charge in [-0.15, -0.1) is 0 Å². The highest BCUT2D eigenvalue weighted by atomic mass is 16.2. The van der Waals surface area contributed by atoms with E-state index in [4.69, 9.17) is 5.73 Å². The normalized spacial score (nSPS) is 16.6. The second kappa shape index (κ2) is 10.4. The molecule has 7 nitrogen and oxygen atoms in total. The van der Waals surface area contributed by atoms with Crippen LogP contribution >= 0.6 is 0 Å². The van der Waals surface area contributed by atoms with Crippen LogP contribution in [0, 0.1) is 5.92 Å². The maximum absolute atomic E-state index is 13.6. The summed E-state index contributed by atoms with van der Waals surface area (Å²) < 4.78 is 0. The van der Waals surface area contributed by atoms with Crippen molar-refractivity contribution in [3.05, 3.63) is 77.0 Å². The highest BCUT2D eigenvalue weighted by Gasteiger charge is 2.29. The summed E-state index contributed by atoms with van der Waals surface area (Å²) in [5, 5.41) is 7.77. The number of benzene rings is 2. The molecule has 0 unspecified atom stereocenters. The molecule has 7 heteroatoms. The monoisotopic (exact) mass is 471 g/mol. The lowest BCUT2D eigenvalue weighted by atomic mass is 9.89. The van der Waals surface area contributed by atoms with Crippen molar-refractivity contribution >= 4 is 23.2 Å².